The zero-order valence-electron chi connectivity index (χ0n) is 12.2. The number of hydrogen-bond acceptors (Lipinski definition) is 5. The average molecular weight is 311 g/mol. The second-order valence-corrected chi connectivity index (χ2v) is 6.45. The normalized spacial score (nSPS) is 13.0. The Morgan fingerprint density at radius 2 is 2.00 bits per heavy atom. The van der Waals surface area contributed by atoms with E-state index in [2.05, 4.69) is 5.32 Å². The molecule has 0 aliphatic rings. The minimum absolute atomic E-state index is 0.106. The third kappa shape index (κ3) is 4.70. The van der Waals surface area contributed by atoms with Gasteiger partial charge in [0.15, 0.2) is 0 Å². The second kappa shape index (κ2) is 7.41. The van der Waals surface area contributed by atoms with E-state index in [1.165, 1.54) is 18.2 Å². The van der Waals surface area contributed by atoms with Crippen LogP contribution in [0.2, 0.25) is 0 Å². The van der Waals surface area contributed by atoms with Crippen molar-refractivity contribution < 1.29 is 13.5 Å². The van der Waals surface area contributed by atoms with Gasteiger partial charge in [-0.25, -0.2) is 13.6 Å². The lowest BCUT2D eigenvalue weighted by atomic mass is 9.96. The van der Waals surface area contributed by atoms with Crippen molar-refractivity contribution in [3.8, 4) is 6.07 Å². The van der Waals surface area contributed by atoms with Crippen molar-refractivity contribution in [3.63, 3.8) is 0 Å². The monoisotopic (exact) mass is 311 g/mol. The molecule has 4 N–H and O–H groups in total. The molecule has 1 aromatic rings. The molecule has 0 saturated heterocycles. The van der Waals surface area contributed by atoms with Gasteiger partial charge >= 0.3 is 0 Å². The molecular formula is C14H21N3O3S. The maximum absolute atomic E-state index is 11.3. The Morgan fingerprint density at radius 1 is 1.38 bits per heavy atom. The van der Waals surface area contributed by atoms with Crippen molar-refractivity contribution in [2.24, 2.45) is 11.1 Å². The second-order valence-electron chi connectivity index (χ2n) is 4.89. The van der Waals surface area contributed by atoms with Crippen LogP contribution in [-0.4, -0.2) is 26.2 Å². The first-order valence-corrected chi connectivity index (χ1v) is 8.37. The molecule has 0 fully saturated rings. The Morgan fingerprint density at radius 3 is 2.48 bits per heavy atom. The Kier molecular flexibility index (Phi) is 6.15. The lowest BCUT2D eigenvalue weighted by Gasteiger charge is -2.21. The van der Waals surface area contributed by atoms with Gasteiger partial charge < -0.3 is 10.4 Å². The highest BCUT2D eigenvalue weighted by Crippen LogP contribution is 2.20. The highest BCUT2D eigenvalue weighted by atomic mass is 32.2. The summed E-state index contributed by atoms with van der Waals surface area (Å²) in [6.45, 7) is 4.33. The molecule has 0 saturated carbocycles. The van der Waals surface area contributed by atoms with Gasteiger partial charge in [0, 0.05) is 6.54 Å². The number of nitriles is 1. The predicted octanol–water partition coefficient (Wildman–Crippen LogP) is 1.41. The number of hydrogen-bond donors (Lipinski definition) is 3. The van der Waals surface area contributed by atoms with Crippen molar-refractivity contribution in [1.82, 2.24) is 0 Å². The number of benzene rings is 1. The van der Waals surface area contributed by atoms with E-state index >= 15 is 0 Å². The van der Waals surface area contributed by atoms with Crippen LogP contribution in [0.1, 0.15) is 32.3 Å². The van der Waals surface area contributed by atoms with E-state index in [9.17, 15) is 13.5 Å². The van der Waals surface area contributed by atoms with Gasteiger partial charge in [-0.15, -0.1) is 0 Å². The van der Waals surface area contributed by atoms with E-state index in [0.29, 0.717) is 12.2 Å². The van der Waals surface area contributed by atoms with E-state index in [4.69, 9.17) is 10.4 Å². The number of aliphatic hydroxyl groups is 1. The minimum Gasteiger partial charge on any atom is -0.391 e. The standard InChI is InChI=1S/C14H21N3O3S/c1-3-10(4-2)14(18)9-17-13-6-5-12(21(16,19)20)7-11(13)8-15/h5-7,10,14,17-18H,3-4,9H2,1-2H3,(H2,16,19,20). The molecule has 6 nitrogen and oxygen atoms in total. The molecule has 0 radical (unpaired) electrons. The van der Waals surface area contributed by atoms with E-state index in [0.717, 1.165) is 12.8 Å². The summed E-state index contributed by atoms with van der Waals surface area (Å²) in [6.07, 6.45) is 1.22. The largest absolute Gasteiger partial charge is 0.391 e. The molecule has 0 heterocycles. The SMILES string of the molecule is CCC(CC)C(O)CNc1ccc(S(N)(=O)=O)cc1C#N. The maximum atomic E-state index is 11.3. The first-order chi connectivity index (χ1) is 9.83. The molecule has 7 heteroatoms. The maximum Gasteiger partial charge on any atom is 0.238 e. The molecule has 1 unspecified atom stereocenters. The molecule has 0 amide bonds. The minimum atomic E-state index is -3.83. The zero-order valence-corrected chi connectivity index (χ0v) is 13.0. The zero-order chi connectivity index (χ0) is 16.0. The Bertz CT molecular complexity index is 619. The van der Waals surface area contributed by atoms with Gasteiger partial charge in [-0.1, -0.05) is 26.7 Å². The fraction of sp³-hybridized carbons (Fsp3) is 0.500. The van der Waals surface area contributed by atoms with Gasteiger partial charge in [0.05, 0.1) is 22.3 Å². The summed E-state index contributed by atoms with van der Waals surface area (Å²) in [4.78, 5) is -0.106. The van der Waals surface area contributed by atoms with Crippen molar-refractivity contribution in [2.75, 3.05) is 11.9 Å². The van der Waals surface area contributed by atoms with Crippen molar-refractivity contribution >= 4 is 15.7 Å². The summed E-state index contributed by atoms with van der Waals surface area (Å²) in [5.41, 5.74) is 0.660. The van der Waals surface area contributed by atoms with Crippen LogP contribution in [0.15, 0.2) is 23.1 Å². The van der Waals surface area contributed by atoms with Crippen molar-refractivity contribution in [2.45, 2.75) is 37.7 Å². The highest BCUT2D eigenvalue weighted by molar-refractivity contribution is 7.89. The molecule has 0 aromatic heterocycles. The molecule has 116 valence electrons. The highest BCUT2D eigenvalue weighted by Gasteiger charge is 2.16. The third-order valence-corrected chi connectivity index (χ3v) is 4.45. The van der Waals surface area contributed by atoms with Gasteiger partial charge in [-0.2, -0.15) is 5.26 Å². The fourth-order valence-electron chi connectivity index (χ4n) is 2.16. The lowest BCUT2D eigenvalue weighted by molar-refractivity contribution is 0.114. The predicted molar refractivity (Wildman–Crippen MR) is 81.1 cm³/mol. The smallest absolute Gasteiger partial charge is 0.238 e. The Labute approximate surface area is 125 Å². The van der Waals surface area contributed by atoms with Crippen LogP contribution in [0.25, 0.3) is 0 Å². The molecule has 1 rings (SSSR count). The van der Waals surface area contributed by atoms with Crippen LogP contribution >= 0.6 is 0 Å². The van der Waals surface area contributed by atoms with Gasteiger partial charge in [-0.3, -0.25) is 0 Å². The van der Waals surface area contributed by atoms with Crippen molar-refractivity contribution in [3.05, 3.63) is 23.8 Å². The number of aliphatic hydroxyl groups excluding tert-OH is 1. The molecule has 1 atom stereocenters. The summed E-state index contributed by atoms with van der Waals surface area (Å²) >= 11 is 0. The van der Waals surface area contributed by atoms with Crippen LogP contribution in [0.5, 0.6) is 0 Å². The topological polar surface area (TPSA) is 116 Å². The summed E-state index contributed by atoms with van der Waals surface area (Å²) in [7, 11) is -3.83. The van der Waals surface area contributed by atoms with Gasteiger partial charge in [-0.05, 0) is 24.1 Å². The molecule has 0 aliphatic carbocycles. The number of anilines is 1. The van der Waals surface area contributed by atoms with Gasteiger partial charge in [0.1, 0.15) is 6.07 Å². The van der Waals surface area contributed by atoms with Gasteiger partial charge in [0.2, 0.25) is 10.0 Å². The average Bonchev–Trinajstić information content (AvgIpc) is 2.45. The van der Waals surface area contributed by atoms with Crippen LogP contribution in [0.4, 0.5) is 5.69 Å². The number of nitrogens with one attached hydrogen (secondary N) is 1. The van der Waals surface area contributed by atoms with Crippen LogP contribution in [0.3, 0.4) is 0 Å². The number of nitrogens with zero attached hydrogens (tertiary/aromatic N) is 1. The number of rotatable bonds is 7. The Hall–Kier alpha value is -1.62. The number of nitrogens with two attached hydrogens (primary N) is 1. The van der Waals surface area contributed by atoms with Crippen molar-refractivity contribution in [1.29, 1.82) is 5.26 Å². The summed E-state index contributed by atoms with van der Waals surface area (Å²) in [5, 5.41) is 27.2. The molecule has 0 aliphatic heterocycles. The van der Waals surface area contributed by atoms with Crippen LogP contribution in [-0.2, 0) is 10.0 Å². The molecule has 0 bridgehead atoms. The fourth-order valence-corrected chi connectivity index (χ4v) is 2.70. The summed E-state index contributed by atoms with van der Waals surface area (Å²) in [5.74, 6) is 0.187. The summed E-state index contributed by atoms with van der Waals surface area (Å²) < 4.78 is 22.5. The quantitative estimate of drug-likeness (QED) is 0.704. The number of primary sulfonamides is 1. The Balaban J connectivity index is 2.88. The molecule has 21 heavy (non-hydrogen) atoms. The van der Waals surface area contributed by atoms with E-state index in [1.54, 1.807) is 0 Å². The van der Waals surface area contributed by atoms with E-state index < -0.39 is 16.1 Å². The molecule has 0 spiro atoms. The lowest BCUT2D eigenvalue weighted by Crippen LogP contribution is -2.28. The first kappa shape index (κ1) is 17.4. The molecule has 1 aromatic carbocycles. The molecular weight excluding hydrogens is 290 g/mol. The van der Waals surface area contributed by atoms with E-state index in [1.807, 2.05) is 19.9 Å². The first-order valence-electron chi connectivity index (χ1n) is 6.82. The van der Waals surface area contributed by atoms with Crippen LogP contribution in [0, 0.1) is 17.2 Å². The van der Waals surface area contributed by atoms with Crippen LogP contribution < -0.4 is 10.5 Å². The number of sulfonamides is 1. The summed E-state index contributed by atoms with van der Waals surface area (Å²) in [6, 6.07) is 5.97. The van der Waals surface area contributed by atoms with E-state index in [-0.39, 0.29) is 16.4 Å². The van der Waals surface area contributed by atoms with Gasteiger partial charge in [0.25, 0.3) is 0 Å². The third-order valence-electron chi connectivity index (χ3n) is 3.53.